The van der Waals surface area contributed by atoms with Crippen LogP contribution >= 0.6 is 0 Å². The van der Waals surface area contributed by atoms with Crippen molar-refractivity contribution in [2.24, 2.45) is 51.8 Å². The highest BCUT2D eigenvalue weighted by molar-refractivity contribution is 5.90. The first-order valence-corrected chi connectivity index (χ1v) is 19.8. The van der Waals surface area contributed by atoms with Crippen LogP contribution in [0.5, 0.6) is 0 Å². The van der Waals surface area contributed by atoms with Crippen molar-refractivity contribution in [1.29, 1.82) is 0 Å². The van der Waals surface area contributed by atoms with Gasteiger partial charge >= 0.3 is 5.97 Å². The monoisotopic (exact) mass is 696 g/mol. The van der Waals surface area contributed by atoms with Gasteiger partial charge in [-0.3, -0.25) is 24.6 Å². The summed E-state index contributed by atoms with van der Waals surface area (Å²) in [6.45, 7) is 11.9. The van der Waals surface area contributed by atoms with Crippen molar-refractivity contribution in [2.45, 2.75) is 111 Å². The van der Waals surface area contributed by atoms with Gasteiger partial charge in [0.2, 0.25) is 0 Å². The van der Waals surface area contributed by atoms with E-state index < -0.39 is 22.2 Å². The van der Waals surface area contributed by atoms with E-state index in [0.717, 1.165) is 94.4 Å². The average Bonchev–Trinajstić information content (AvgIpc) is 3.81. The van der Waals surface area contributed by atoms with Crippen molar-refractivity contribution in [1.82, 2.24) is 19.8 Å². The SMILES string of the molecule is CCCCC1CC(C23C[C@@H]4[C@H](C)CC[C@H]4C4(C=O)CC2C=C(C(C)C)C34C(=O)O)OC1CN(C)Cc1ccc(CN(C)Cc2ccccn2)cn1. The van der Waals surface area contributed by atoms with Gasteiger partial charge < -0.3 is 14.6 Å². The van der Waals surface area contributed by atoms with E-state index in [-0.39, 0.29) is 30.0 Å². The summed E-state index contributed by atoms with van der Waals surface area (Å²) in [6.07, 6.45) is 14.9. The van der Waals surface area contributed by atoms with Crippen molar-refractivity contribution >= 4 is 12.3 Å². The van der Waals surface area contributed by atoms with Crippen molar-refractivity contribution in [3.05, 3.63) is 71.3 Å². The second kappa shape index (κ2) is 14.1. The minimum absolute atomic E-state index is 0.0122. The Kier molecular flexibility index (Phi) is 10.1. The van der Waals surface area contributed by atoms with E-state index >= 15 is 0 Å². The van der Waals surface area contributed by atoms with Crippen LogP contribution < -0.4 is 0 Å². The Morgan fingerprint density at radius 2 is 1.84 bits per heavy atom. The van der Waals surface area contributed by atoms with Crippen molar-refractivity contribution in [2.75, 3.05) is 20.6 Å². The lowest BCUT2D eigenvalue weighted by Gasteiger charge is -2.60. The number of ether oxygens (including phenoxy) is 1. The van der Waals surface area contributed by atoms with Crippen molar-refractivity contribution in [3.63, 3.8) is 0 Å². The molecule has 276 valence electrons. The third-order valence-corrected chi connectivity index (χ3v) is 14.3. The molecule has 7 unspecified atom stereocenters. The molecule has 4 aliphatic carbocycles. The fraction of sp³-hybridized carbons (Fsp3) is 0.674. The zero-order chi connectivity index (χ0) is 36.1. The lowest BCUT2D eigenvalue weighted by Crippen LogP contribution is -2.65. The van der Waals surface area contributed by atoms with Crippen LogP contribution in [0.25, 0.3) is 0 Å². The molecule has 51 heavy (non-hydrogen) atoms. The highest BCUT2D eigenvalue weighted by Gasteiger charge is 2.86. The number of carboxylic acid groups (broad SMARTS) is 1. The Morgan fingerprint density at radius 3 is 2.51 bits per heavy atom. The number of aliphatic carboxylic acids is 1. The van der Waals surface area contributed by atoms with E-state index in [4.69, 9.17) is 9.72 Å². The molecular formula is C43H60N4O4. The molecule has 8 heteroatoms. The number of carboxylic acids is 1. The minimum atomic E-state index is -1.19. The maximum Gasteiger partial charge on any atom is 0.315 e. The zero-order valence-electron chi connectivity index (χ0n) is 31.8. The second-order valence-corrected chi connectivity index (χ2v) is 17.5. The van der Waals surface area contributed by atoms with Crippen LogP contribution in [-0.2, 0) is 34.0 Å². The largest absolute Gasteiger partial charge is 0.481 e. The van der Waals surface area contributed by atoms with Crippen LogP contribution in [0.3, 0.4) is 0 Å². The fourth-order valence-electron chi connectivity index (χ4n) is 12.4. The van der Waals surface area contributed by atoms with E-state index in [0.29, 0.717) is 24.2 Å². The molecule has 0 spiro atoms. The number of pyridine rings is 2. The normalized spacial score (nSPS) is 36.6. The Hall–Kier alpha value is -2.94. The predicted octanol–water partition coefficient (Wildman–Crippen LogP) is 7.43. The van der Waals surface area contributed by atoms with E-state index in [1.54, 1.807) is 0 Å². The van der Waals surface area contributed by atoms with Gasteiger partial charge in [0, 0.05) is 44.0 Å². The van der Waals surface area contributed by atoms with Gasteiger partial charge in [-0.2, -0.15) is 0 Å². The first-order valence-electron chi connectivity index (χ1n) is 19.8. The number of rotatable bonds is 15. The molecule has 4 fully saturated rings. The number of unbranched alkanes of at least 4 members (excludes halogenated alkanes) is 1. The van der Waals surface area contributed by atoms with Crippen LogP contribution in [0.1, 0.15) is 96.0 Å². The summed E-state index contributed by atoms with van der Waals surface area (Å²) in [6, 6.07) is 10.3. The lowest BCUT2D eigenvalue weighted by atomic mass is 9.41. The van der Waals surface area contributed by atoms with E-state index in [9.17, 15) is 14.7 Å². The summed E-state index contributed by atoms with van der Waals surface area (Å²) < 4.78 is 7.32. The van der Waals surface area contributed by atoms with Crippen LogP contribution in [0, 0.1) is 51.8 Å². The lowest BCUT2D eigenvalue weighted by molar-refractivity contribution is -0.197. The number of allylic oxidation sites excluding steroid dienone is 1. The molecule has 3 heterocycles. The molecule has 5 aliphatic rings. The number of likely N-dealkylation sites (N-methyl/N-ethyl adjacent to an activating group) is 1. The summed E-state index contributed by atoms with van der Waals surface area (Å²) in [4.78, 5) is 41.6. The number of hydrogen-bond donors (Lipinski definition) is 1. The molecule has 8 nitrogen and oxygen atoms in total. The van der Waals surface area contributed by atoms with E-state index in [1.165, 1.54) is 5.56 Å². The predicted molar refractivity (Wildman–Crippen MR) is 198 cm³/mol. The van der Waals surface area contributed by atoms with Gasteiger partial charge in [-0.1, -0.05) is 70.7 Å². The summed E-state index contributed by atoms with van der Waals surface area (Å²) in [5, 5.41) is 11.6. The zero-order valence-corrected chi connectivity index (χ0v) is 31.8. The standard InChI is InChI=1S/C43H60N4O4/c1-7-8-11-31-18-39(51-38(31)26-47(6)25-34-15-14-30(22-45-34)23-46(5)24-33-12-9-10-17-44-33)42-21-35-29(4)13-16-36(35)41(27-48)20-32(42)19-37(28(2)3)43(41,42)40(49)50/h9-10,12,14-15,17,19,22,27-29,31-32,35-36,38-39H,7-8,11,13,16,18,20-21,23-26H2,1-6H3,(H,49,50)/t29-,31?,32?,35-,36-,38?,39?,41?,42?,43?/m1/s1. The molecule has 1 saturated heterocycles. The van der Waals surface area contributed by atoms with Crippen LogP contribution in [0.2, 0.25) is 0 Å². The maximum atomic E-state index is 14.1. The second-order valence-electron chi connectivity index (χ2n) is 17.5. The van der Waals surface area contributed by atoms with Crippen molar-refractivity contribution < 1.29 is 19.4 Å². The number of carbonyl (C=O) groups is 2. The van der Waals surface area contributed by atoms with Gasteiger partial charge in [0.1, 0.15) is 11.7 Å². The van der Waals surface area contributed by atoms with Gasteiger partial charge in [-0.15, -0.1) is 0 Å². The quantitative estimate of drug-likeness (QED) is 0.152. The fourth-order valence-corrected chi connectivity index (χ4v) is 12.4. The molecule has 0 amide bonds. The maximum absolute atomic E-state index is 14.1. The van der Waals surface area contributed by atoms with Gasteiger partial charge in [-0.05, 0) is 105 Å². The molecule has 0 radical (unpaired) electrons. The number of aromatic nitrogens is 2. The Morgan fingerprint density at radius 1 is 1.06 bits per heavy atom. The minimum Gasteiger partial charge on any atom is -0.481 e. The van der Waals surface area contributed by atoms with Crippen LogP contribution in [0.4, 0.5) is 0 Å². The van der Waals surface area contributed by atoms with Gasteiger partial charge in [-0.25, -0.2) is 0 Å². The molecule has 3 saturated carbocycles. The van der Waals surface area contributed by atoms with Crippen molar-refractivity contribution in [3.8, 4) is 0 Å². The molecule has 7 rings (SSSR count). The molecule has 1 N–H and O–H groups in total. The van der Waals surface area contributed by atoms with Gasteiger partial charge in [0.05, 0.1) is 29.0 Å². The third-order valence-electron chi connectivity index (χ3n) is 14.3. The van der Waals surface area contributed by atoms with Crippen LogP contribution in [0.15, 0.2) is 54.4 Å². The smallest absolute Gasteiger partial charge is 0.315 e. The number of aldehydes is 1. The van der Waals surface area contributed by atoms with Gasteiger partial charge in [0.15, 0.2) is 0 Å². The molecular weight excluding hydrogens is 636 g/mol. The van der Waals surface area contributed by atoms with E-state index in [1.807, 2.05) is 24.5 Å². The first-order chi connectivity index (χ1) is 24.5. The van der Waals surface area contributed by atoms with Crippen LogP contribution in [-0.4, -0.2) is 70.0 Å². The number of fused-ring (bicyclic) bond motifs is 2. The summed E-state index contributed by atoms with van der Waals surface area (Å²) in [7, 11) is 4.26. The summed E-state index contributed by atoms with van der Waals surface area (Å²) in [5.41, 5.74) is 1.63. The molecule has 1 aliphatic heterocycles. The average molecular weight is 697 g/mol. The number of carbonyl (C=O) groups excluding carboxylic acids is 1. The molecule has 4 bridgehead atoms. The Labute approximate surface area is 305 Å². The summed E-state index contributed by atoms with van der Waals surface area (Å²) >= 11 is 0. The molecule has 2 aromatic rings. The number of hydrogen-bond acceptors (Lipinski definition) is 7. The van der Waals surface area contributed by atoms with E-state index in [2.05, 4.69) is 80.8 Å². The Balaban J connectivity index is 1.11. The molecule has 2 aromatic heterocycles. The third kappa shape index (κ3) is 5.74. The molecule has 0 aromatic carbocycles. The molecule has 10 atom stereocenters. The Bertz CT molecular complexity index is 1600. The highest BCUT2D eigenvalue weighted by Crippen LogP contribution is 2.84. The topological polar surface area (TPSA) is 95.9 Å². The highest BCUT2D eigenvalue weighted by atomic mass is 16.5. The first kappa shape index (κ1) is 36.4. The number of nitrogens with zero attached hydrogens (tertiary/aromatic N) is 4. The van der Waals surface area contributed by atoms with Gasteiger partial charge in [0.25, 0.3) is 0 Å². The summed E-state index contributed by atoms with van der Waals surface area (Å²) in [5.74, 6) is 0.720.